The first-order valence-corrected chi connectivity index (χ1v) is 8.36. The lowest BCUT2D eigenvalue weighted by Crippen LogP contribution is -2.34. The minimum Gasteiger partial charge on any atom is -0.385 e. The number of hydrogen-bond acceptors (Lipinski definition) is 5. The smallest absolute Gasteiger partial charge is 0.289 e. The van der Waals surface area contributed by atoms with Gasteiger partial charge >= 0.3 is 0 Å². The first kappa shape index (κ1) is 15.7. The van der Waals surface area contributed by atoms with E-state index in [0.29, 0.717) is 18.8 Å². The van der Waals surface area contributed by atoms with E-state index in [1.165, 1.54) is 22.5 Å². The second-order valence-corrected chi connectivity index (χ2v) is 6.94. The van der Waals surface area contributed by atoms with Gasteiger partial charge in [0.2, 0.25) is 10.0 Å². The predicted molar refractivity (Wildman–Crippen MR) is 79.8 cm³/mol. The molecule has 7 nitrogen and oxygen atoms in total. The lowest BCUT2D eigenvalue weighted by Gasteiger charge is -2.21. The summed E-state index contributed by atoms with van der Waals surface area (Å²) in [5.41, 5.74) is 0.185. The fourth-order valence-electron chi connectivity index (χ4n) is 2.58. The molecule has 0 spiro atoms. The van der Waals surface area contributed by atoms with Crippen LogP contribution in [0.2, 0.25) is 0 Å². The number of nitro groups is 1. The minimum atomic E-state index is -3.85. The molecule has 1 heterocycles. The highest BCUT2D eigenvalue weighted by Gasteiger charge is 2.37. The van der Waals surface area contributed by atoms with Crippen molar-refractivity contribution in [3.05, 3.63) is 28.3 Å². The molecule has 1 N–H and O–H groups in total. The van der Waals surface area contributed by atoms with Crippen LogP contribution in [-0.4, -0.2) is 36.8 Å². The molecule has 21 heavy (non-hydrogen) atoms. The number of nitrogens with one attached hydrogen (secondary N) is 1. The summed E-state index contributed by atoms with van der Waals surface area (Å²) >= 11 is 0. The van der Waals surface area contributed by atoms with Gasteiger partial charge in [0.1, 0.15) is 0 Å². The van der Waals surface area contributed by atoms with Crippen molar-refractivity contribution < 1.29 is 13.3 Å². The maximum atomic E-state index is 12.7. The van der Waals surface area contributed by atoms with Gasteiger partial charge in [-0.1, -0.05) is 0 Å². The van der Waals surface area contributed by atoms with Gasteiger partial charge in [0, 0.05) is 30.9 Å². The normalized spacial score (nSPS) is 19.6. The van der Waals surface area contributed by atoms with E-state index < -0.39 is 14.9 Å². The summed E-state index contributed by atoms with van der Waals surface area (Å²) in [5.74, 6) is 0. The summed E-state index contributed by atoms with van der Waals surface area (Å²) in [4.78, 5) is 10.3. The standard InChI is InChI=1S/C13H19N3O4S/c1-3-14-11-6-7-12(16(17)18)13(9-11)21(19,20)15-8-4-5-10(15)2/h6-7,9-10,14H,3-5,8H2,1-2H3. The zero-order chi connectivity index (χ0) is 15.6. The number of nitrogens with zero attached hydrogens (tertiary/aromatic N) is 2. The topological polar surface area (TPSA) is 92.5 Å². The van der Waals surface area contributed by atoms with E-state index in [9.17, 15) is 18.5 Å². The second-order valence-electron chi connectivity index (χ2n) is 5.08. The van der Waals surface area contributed by atoms with Crippen LogP contribution in [0, 0.1) is 10.1 Å². The third-order valence-electron chi connectivity index (χ3n) is 3.62. The Morgan fingerprint density at radius 3 is 2.71 bits per heavy atom. The molecule has 0 amide bonds. The molecule has 116 valence electrons. The zero-order valence-electron chi connectivity index (χ0n) is 12.1. The van der Waals surface area contributed by atoms with Crippen molar-refractivity contribution in [3.63, 3.8) is 0 Å². The van der Waals surface area contributed by atoms with Crippen molar-refractivity contribution in [2.75, 3.05) is 18.4 Å². The lowest BCUT2D eigenvalue weighted by atomic mass is 10.3. The Morgan fingerprint density at radius 1 is 1.48 bits per heavy atom. The van der Waals surface area contributed by atoms with Crippen LogP contribution >= 0.6 is 0 Å². The molecule has 1 atom stereocenters. The summed E-state index contributed by atoms with van der Waals surface area (Å²) in [7, 11) is -3.85. The fourth-order valence-corrected chi connectivity index (χ4v) is 4.46. The van der Waals surface area contributed by atoms with Crippen molar-refractivity contribution in [1.29, 1.82) is 0 Å². The highest BCUT2D eigenvalue weighted by molar-refractivity contribution is 7.89. The quantitative estimate of drug-likeness (QED) is 0.664. The van der Waals surface area contributed by atoms with Crippen molar-refractivity contribution >= 4 is 21.4 Å². The average Bonchev–Trinajstić information content (AvgIpc) is 2.86. The summed E-state index contributed by atoms with van der Waals surface area (Å²) in [6, 6.07) is 3.99. The highest BCUT2D eigenvalue weighted by Crippen LogP contribution is 2.33. The van der Waals surface area contributed by atoms with E-state index in [0.717, 1.165) is 12.8 Å². The molecule has 0 aliphatic carbocycles. The van der Waals surface area contributed by atoms with Crippen LogP contribution in [0.4, 0.5) is 11.4 Å². The molecule has 1 fully saturated rings. The van der Waals surface area contributed by atoms with Crippen LogP contribution < -0.4 is 5.32 Å². The van der Waals surface area contributed by atoms with Crippen LogP contribution in [0.25, 0.3) is 0 Å². The van der Waals surface area contributed by atoms with E-state index in [4.69, 9.17) is 0 Å². The number of sulfonamides is 1. The summed E-state index contributed by atoms with van der Waals surface area (Å²) in [5, 5.41) is 14.1. The molecule has 0 aromatic heterocycles. The Morgan fingerprint density at radius 2 is 2.19 bits per heavy atom. The van der Waals surface area contributed by atoms with E-state index >= 15 is 0 Å². The number of benzene rings is 1. The monoisotopic (exact) mass is 313 g/mol. The zero-order valence-corrected chi connectivity index (χ0v) is 12.9. The Balaban J connectivity index is 2.53. The largest absolute Gasteiger partial charge is 0.385 e. The van der Waals surface area contributed by atoms with Gasteiger partial charge in [0.15, 0.2) is 4.90 Å². The van der Waals surface area contributed by atoms with Gasteiger partial charge < -0.3 is 5.32 Å². The molecule has 1 aromatic rings. The molecular weight excluding hydrogens is 294 g/mol. The molecule has 1 unspecified atom stereocenters. The molecule has 1 aliphatic heterocycles. The van der Waals surface area contributed by atoms with Crippen LogP contribution in [0.5, 0.6) is 0 Å². The first-order chi connectivity index (χ1) is 9.87. The Bertz CT molecular complexity index is 645. The molecule has 2 rings (SSSR count). The third-order valence-corrected chi connectivity index (χ3v) is 5.66. The van der Waals surface area contributed by atoms with Crippen LogP contribution in [0.15, 0.2) is 23.1 Å². The van der Waals surface area contributed by atoms with Gasteiger partial charge in [-0.25, -0.2) is 8.42 Å². The van der Waals surface area contributed by atoms with Crippen molar-refractivity contribution in [2.45, 2.75) is 37.6 Å². The van der Waals surface area contributed by atoms with Gasteiger partial charge in [-0.15, -0.1) is 0 Å². The molecular formula is C13H19N3O4S. The van der Waals surface area contributed by atoms with Crippen LogP contribution in [0.1, 0.15) is 26.7 Å². The minimum absolute atomic E-state index is 0.127. The van der Waals surface area contributed by atoms with Crippen molar-refractivity contribution in [2.24, 2.45) is 0 Å². The molecule has 8 heteroatoms. The van der Waals surface area contributed by atoms with Crippen LogP contribution in [0.3, 0.4) is 0 Å². The maximum absolute atomic E-state index is 12.7. The molecule has 0 saturated carbocycles. The molecule has 0 bridgehead atoms. The van der Waals surface area contributed by atoms with Crippen molar-refractivity contribution in [3.8, 4) is 0 Å². The summed E-state index contributed by atoms with van der Waals surface area (Å²) < 4.78 is 26.8. The Labute approximate surface area is 124 Å². The van der Waals surface area contributed by atoms with Crippen LogP contribution in [-0.2, 0) is 10.0 Å². The summed E-state index contributed by atoms with van der Waals surface area (Å²) in [6.07, 6.45) is 1.56. The number of anilines is 1. The average molecular weight is 313 g/mol. The summed E-state index contributed by atoms with van der Waals surface area (Å²) in [6.45, 7) is 4.71. The highest BCUT2D eigenvalue weighted by atomic mass is 32.2. The molecule has 0 radical (unpaired) electrons. The number of rotatable bonds is 5. The number of nitro benzene ring substituents is 1. The fraction of sp³-hybridized carbons (Fsp3) is 0.538. The van der Waals surface area contributed by atoms with E-state index in [-0.39, 0.29) is 16.6 Å². The first-order valence-electron chi connectivity index (χ1n) is 6.92. The maximum Gasteiger partial charge on any atom is 0.289 e. The van der Waals surface area contributed by atoms with Gasteiger partial charge in [-0.3, -0.25) is 10.1 Å². The SMILES string of the molecule is CCNc1ccc([N+](=O)[O-])c(S(=O)(=O)N2CCCC2C)c1. The molecule has 1 aliphatic rings. The van der Waals surface area contributed by atoms with Gasteiger partial charge in [-0.2, -0.15) is 4.31 Å². The Kier molecular flexibility index (Phi) is 4.48. The Hall–Kier alpha value is -1.67. The molecule has 1 aromatic carbocycles. The van der Waals surface area contributed by atoms with E-state index in [2.05, 4.69) is 5.32 Å². The lowest BCUT2D eigenvalue weighted by molar-refractivity contribution is -0.387. The second kappa shape index (κ2) is 5.98. The predicted octanol–water partition coefficient (Wildman–Crippen LogP) is 2.20. The third kappa shape index (κ3) is 3.01. The van der Waals surface area contributed by atoms with Gasteiger partial charge in [0.05, 0.1) is 4.92 Å². The van der Waals surface area contributed by atoms with E-state index in [1.54, 1.807) is 0 Å². The number of hydrogen-bond donors (Lipinski definition) is 1. The van der Waals surface area contributed by atoms with Crippen molar-refractivity contribution in [1.82, 2.24) is 4.31 Å². The van der Waals surface area contributed by atoms with Gasteiger partial charge in [0.25, 0.3) is 5.69 Å². The molecule has 1 saturated heterocycles. The van der Waals surface area contributed by atoms with Gasteiger partial charge in [-0.05, 0) is 38.8 Å². The van der Waals surface area contributed by atoms with E-state index in [1.807, 2.05) is 13.8 Å².